The highest BCUT2D eigenvalue weighted by Gasteiger charge is 2.06. The molecule has 3 N–H and O–H groups in total. The molecule has 96 valence electrons. The number of nitrogen functional groups attached to an aromatic ring is 1. The quantitative estimate of drug-likeness (QED) is 0.550. The molecule has 0 saturated heterocycles. The molecule has 0 aliphatic heterocycles. The van der Waals surface area contributed by atoms with Crippen LogP contribution >= 0.6 is 0 Å². The van der Waals surface area contributed by atoms with Gasteiger partial charge >= 0.3 is 0 Å². The molecule has 1 rings (SSSR count). The van der Waals surface area contributed by atoms with Crippen molar-refractivity contribution in [3.8, 4) is 0 Å². The molecule has 0 amide bonds. The van der Waals surface area contributed by atoms with Crippen LogP contribution in [0.5, 0.6) is 0 Å². The van der Waals surface area contributed by atoms with Crippen molar-refractivity contribution in [1.29, 1.82) is 0 Å². The van der Waals surface area contributed by atoms with Gasteiger partial charge in [0.2, 0.25) is 0 Å². The Morgan fingerprint density at radius 2 is 2.06 bits per heavy atom. The minimum Gasteiger partial charge on any atom is -0.370 e. The molecule has 0 saturated carbocycles. The molecule has 0 spiro atoms. The van der Waals surface area contributed by atoms with Gasteiger partial charge in [0.15, 0.2) is 0 Å². The predicted octanol–water partition coefficient (Wildman–Crippen LogP) is 1.15. The van der Waals surface area contributed by atoms with Gasteiger partial charge in [-0.3, -0.25) is 0 Å². The maximum Gasteiger partial charge on any atom is 0.141 e. The van der Waals surface area contributed by atoms with Crippen LogP contribution in [-0.2, 0) is 0 Å². The number of rotatable bonds is 7. The zero-order valence-electron chi connectivity index (χ0n) is 11.0. The van der Waals surface area contributed by atoms with Gasteiger partial charge in [0.1, 0.15) is 5.82 Å². The Bertz CT molecular complexity index is 326. The molecule has 5 heteroatoms. The van der Waals surface area contributed by atoms with Gasteiger partial charge < -0.3 is 15.2 Å². The minimum atomic E-state index is 0.702. The Balaban J connectivity index is 2.73. The van der Waals surface area contributed by atoms with E-state index in [0.717, 1.165) is 31.7 Å². The van der Waals surface area contributed by atoms with Gasteiger partial charge in [0, 0.05) is 37.6 Å². The van der Waals surface area contributed by atoms with E-state index in [-0.39, 0.29) is 0 Å². The summed E-state index contributed by atoms with van der Waals surface area (Å²) in [6.07, 6.45) is 2.91. The summed E-state index contributed by atoms with van der Waals surface area (Å²) in [6, 6.07) is 4.00. The minimum absolute atomic E-state index is 0.702. The monoisotopic (exact) mass is 237 g/mol. The van der Waals surface area contributed by atoms with Crippen molar-refractivity contribution in [3.05, 3.63) is 18.3 Å². The van der Waals surface area contributed by atoms with Crippen molar-refractivity contribution in [2.45, 2.75) is 13.3 Å². The predicted molar refractivity (Wildman–Crippen MR) is 73.1 cm³/mol. The first kappa shape index (κ1) is 13.7. The number of aromatic nitrogens is 1. The molecule has 0 atom stereocenters. The van der Waals surface area contributed by atoms with Crippen LogP contribution in [0.25, 0.3) is 0 Å². The lowest BCUT2D eigenvalue weighted by Gasteiger charge is -2.26. The number of hydrazine groups is 1. The summed E-state index contributed by atoms with van der Waals surface area (Å²) in [5, 5.41) is 0. The van der Waals surface area contributed by atoms with Crippen LogP contribution < -0.4 is 16.2 Å². The van der Waals surface area contributed by atoms with Crippen LogP contribution in [0.1, 0.15) is 13.3 Å². The highest BCUT2D eigenvalue weighted by Crippen LogP contribution is 2.16. The summed E-state index contributed by atoms with van der Waals surface area (Å²) in [4.78, 5) is 8.66. The normalized spacial score (nSPS) is 10.6. The van der Waals surface area contributed by atoms with E-state index in [1.54, 1.807) is 6.20 Å². The molecule has 1 heterocycles. The molecule has 17 heavy (non-hydrogen) atoms. The molecule has 0 aliphatic rings. The van der Waals surface area contributed by atoms with E-state index >= 15 is 0 Å². The highest BCUT2D eigenvalue weighted by atomic mass is 15.3. The van der Waals surface area contributed by atoms with E-state index in [9.17, 15) is 0 Å². The van der Waals surface area contributed by atoms with E-state index in [0.29, 0.717) is 5.82 Å². The van der Waals surface area contributed by atoms with Gasteiger partial charge in [0.25, 0.3) is 0 Å². The Labute approximate surface area is 104 Å². The van der Waals surface area contributed by atoms with Crippen molar-refractivity contribution in [1.82, 2.24) is 9.88 Å². The third kappa shape index (κ3) is 4.58. The van der Waals surface area contributed by atoms with Gasteiger partial charge in [-0.2, -0.15) is 0 Å². The fourth-order valence-electron chi connectivity index (χ4n) is 1.66. The fraction of sp³-hybridized carbons (Fsp3) is 0.583. The summed E-state index contributed by atoms with van der Waals surface area (Å²) in [5.74, 6) is 6.08. The molecular weight excluding hydrogens is 214 g/mol. The Kier molecular flexibility index (Phi) is 5.72. The average molecular weight is 237 g/mol. The molecule has 0 unspecified atom stereocenters. The summed E-state index contributed by atoms with van der Waals surface area (Å²) in [7, 11) is 4.17. The molecule has 1 aromatic rings. The fourth-order valence-corrected chi connectivity index (χ4v) is 1.66. The molecule has 5 nitrogen and oxygen atoms in total. The smallest absolute Gasteiger partial charge is 0.141 e. The number of hydrogen-bond acceptors (Lipinski definition) is 5. The molecule has 0 radical (unpaired) electrons. The summed E-state index contributed by atoms with van der Waals surface area (Å²) < 4.78 is 0. The second-order valence-corrected chi connectivity index (χ2v) is 4.33. The summed E-state index contributed by atoms with van der Waals surface area (Å²) in [5.41, 5.74) is 3.74. The zero-order valence-corrected chi connectivity index (χ0v) is 11.0. The lowest BCUT2D eigenvalue weighted by Crippen LogP contribution is -2.32. The summed E-state index contributed by atoms with van der Waals surface area (Å²) in [6.45, 7) is 5.27. The zero-order chi connectivity index (χ0) is 12.7. The molecule has 1 aromatic heterocycles. The largest absolute Gasteiger partial charge is 0.370 e. The van der Waals surface area contributed by atoms with Crippen LogP contribution in [0, 0.1) is 0 Å². The van der Waals surface area contributed by atoms with E-state index in [4.69, 9.17) is 5.84 Å². The van der Waals surface area contributed by atoms with Crippen molar-refractivity contribution in [2.75, 3.05) is 44.1 Å². The van der Waals surface area contributed by atoms with Crippen LogP contribution in [0.2, 0.25) is 0 Å². The number of anilines is 2. The maximum absolute atomic E-state index is 5.38. The number of pyridine rings is 1. The summed E-state index contributed by atoms with van der Waals surface area (Å²) >= 11 is 0. The molecule has 0 aromatic carbocycles. The van der Waals surface area contributed by atoms with E-state index in [2.05, 4.69) is 41.2 Å². The SMILES string of the molecule is CCCN(CCN(C)C)c1ccnc(NN)c1. The molecule has 0 fully saturated rings. The second-order valence-electron chi connectivity index (χ2n) is 4.33. The third-order valence-electron chi connectivity index (χ3n) is 2.57. The topological polar surface area (TPSA) is 57.4 Å². The van der Waals surface area contributed by atoms with E-state index < -0.39 is 0 Å². The standard InChI is InChI=1S/C12H23N5/c1-4-7-17(9-8-16(2)3)11-5-6-14-12(10-11)15-13/h5-6,10H,4,7-9,13H2,1-3H3,(H,14,15). The van der Waals surface area contributed by atoms with Gasteiger partial charge in [0.05, 0.1) is 0 Å². The Morgan fingerprint density at radius 1 is 1.29 bits per heavy atom. The first-order valence-corrected chi connectivity index (χ1v) is 5.99. The van der Waals surface area contributed by atoms with Crippen LogP contribution in [0.3, 0.4) is 0 Å². The first-order chi connectivity index (χ1) is 8.17. The van der Waals surface area contributed by atoms with Crippen molar-refractivity contribution >= 4 is 11.5 Å². The van der Waals surface area contributed by atoms with Gasteiger partial charge in [-0.25, -0.2) is 10.8 Å². The maximum atomic E-state index is 5.38. The lowest BCUT2D eigenvalue weighted by atomic mass is 10.3. The van der Waals surface area contributed by atoms with Crippen molar-refractivity contribution in [2.24, 2.45) is 5.84 Å². The van der Waals surface area contributed by atoms with Crippen molar-refractivity contribution in [3.63, 3.8) is 0 Å². The molecular formula is C12H23N5. The highest BCUT2D eigenvalue weighted by molar-refractivity contribution is 5.53. The first-order valence-electron chi connectivity index (χ1n) is 5.99. The lowest BCUT2D eigenvalue weighted by molar-refractivity contribution is 0.413. The van der Waals surface area contributed by atoms with Crippen LogP contribution in [0.4, 0.5) is 11.5 Å². The Hall–Kier alpha value is -1.33. The van der Waals surface area contributed by atoms with Gasteiger partial charge in [-0.15, -0.1) is 0 Å². The van der Waals surface area contributed by atoms with E-state index in [1.165, 1.54) is 0 Å². The molecule has 0 bridgehead atoms. The number of likely N-dealkylation sites (N-methyl/N-ethyl adjacent to an activating group) is 1. The number of nitrogens with zero attached hydrogens (tertiary/aromatic N) is 3. The van der Waals surface area contributed by atoms with Gasteiger partial charge in [-0.05, 0) is 26.6 Å². The average Bonchev–Trinajstić information content (AvgIpc) is 2.34. The third-order valence-corrected chi connectivity index (χ3v) is 2.57. The number of nitrogens with two attached hydrogens (primary N) is 1. The van der Waals surface area contributed by atoms with Crippen LogP contribution in [0.15, 0.2) is 18.3 Å². The Morgan fingerprint density at radius 3 is 2.65 bits per heavy atom. The second kappa shape index (κ2) is 7.09. The number of hydrogen-bond donors (Lipinski definition) is 2. The molecule has 0 aliphatic carbocycles. The van der Waals surface area contributed by atoms with Gasteiger partial charge in [-0.1, -0.05) is 6.92 Å². The number of nitrogens with one attached hydrogen (secondary N) is 1. The van der Waals surface area contributed by atoms with Crippen LogP contribution in [-0.4, -0.2) is 43.6 Å². The van der Waals surface area contributed by atoms with Crippen molar-refractivity contribution < 1.29 is 0 Å². The van der Waals surface area contributed by atoms with E-state index in [1.807, 2.05) is 12.1 Å².